The van der Waals surface area contributed by atoms with E-state index in [4.69, 9.17) is 30.5 Å². The van der Waals surface area contributed by atoms with Gasteiger partial charge in [0.2, 0.25) is 0 Å². The Labute approximate surface area is 232 Å². The molecule has 3 aromatic heterocycles. The minimum atomic E-state index is -0.724. The maximum atomic E-state index is 15.1. The lowest BCUT2D eigenvalue weighted by Crippen LogP contribution is -2.15. The van der Waals surface area contributed by atoms with E-state index in [9.17, 15) is 4.79 Å². The Morgan fingerprint density at radius 1 is 0.975 bits per heavy atom. The van der Waals surface area contributed by atoms with Gasteiger partial charge in [0.1, 0.15) is 17.3 Å². The number of hydrogen-bond acceptors (Lipinski definition) is 9. The maximum absolute atomic E-state index is 15.1. The maximum Gasteiger partial charge on any atom is 0.280 e. The van der Waals surface area contributed by atoms with Gasteiger partial charge in [-0.15, -0.1) is 0 Å². The first-order chi connectivity index (χ1) is 19.4. The summed E-state index contributed by atoms with van der Waals surface area (Å²) in [5.74, 6) is 0.588. The van der Waals surface area contributed by atoms with Crippen molar-refractivity contribution in [3.63, 3.8) is 0 Å². The molecular weight excluding hydrogens is 543 g/mol. The first-order valence-electron chi connectivity index (χ1n) is 11.9. The molecule has 204 valence electrons. The van der Waals surface area contributed by atoms with E-state index >= 15 is 4.39 Å². The zero-order chi connectivity index (χ0) is 28.2. The molecule has 0 radical (unpaired) electrons. The van der Waals surface area contributed by atoms with Crippen molar-refractivity contribution in [2.45, 2.75) is 6.92 Å². The number of rotatable bonds is 9. The van der Waals surface area contributed by atoms with Crippen LogP contribution in [-0.2, 0) is 0 Å². The fourth-order valence-electron chi connectivity index (χ4n) is 3.86. The Kier molecular flexibility index (Phi) is 7.60. The van der Waals surface area contributed by atoms with Gasteiger partial charge in [0, 0.05) is 36.1 Å². The van der Waals surface area contributed by atoms with Gasteiger partial charge in [-0.3, -0.25) is 9.78 Å². The second kappa shape index (κ2) is 11.4. The predicted molar refractivity (Wildman–Crippen MR) is 145 cm³/mol. The van der Waals surface area contributed by atoms with Crippen LogP contribution < -0.4 is 24.3 Å². The number of benzene rings is 2. The number of ether oxygens (including phenoxy) is 4. The average molecular weight is 565 g/mol. The van der Waals surface area contributed by atoms with Gasteiger partial charge in [-0.25, -0.2) is 19.0 Å². The fraction of sp³-hybridized carbons (Fsp3) is 0.148. The number of halogens is 2. The Morgan fingerprint density at radius 3 is 2.48 bits per heavy atom. The highest BCUT2D eigenvalue weighted by atomic mass is 35.5. The number of methoxy groups -OCH3 is 2. The molecule has 5 aromatic rings. The summed E-state index contributed by atoms with van der Waals surface area (Å²) in [4.78, 5) is 25.5. The molecule has 5 rings (SSSR count). The molecule has 3 heterocycles. The number of fused-ring (bicyclic) bond motifs is 1. The molecule has 1 amide bonds. The SMILES string of the molecule is CCOc1cn(-c2nccnc2Cl)nc1C(=O)Nc1ccc(Oc2ccnc3cc(OC)c(OC)cc23)cc1F. The van der Waals surface area contributed by atoms with Crippen LogP contribution in [0.2, 0.25) is 5.15 Å². The number of anilines is 1. The van der Waals surface area contributed by atoms with Gasteiger partial charge in [-0.1, -0.05) is 11.6 Å². The average Bonchev–Trinajstić information content (AvgIpc) is 3.38. The van der Waals surface area contributed by atoms with Gasteiger partial charge in [-0.2, -0.15) is 5.10 Å². The van der Waals surface area contributed by atoms with E-state index in [0.717, 1.165) is 6.07 Å². The van der Waals surface area contributed by atoms with Gasteiger partial charge in [0.05, 0.1) is 38.2 Å². The lowest BCUT2D eigenvalue weighted by Gasteiger charge is -2.13. The molecule has 0 fully saturated rings. The van der Waals surface area contributed by atoms with Crippen molar-refractivity contribution in [1.82, 2.24) is 24.7 Å². The van der Waals surface area contributed by atoms with Crippen LogP contribution in [0.25, 0.3) is 16.7 Å². The van der Waals surface area contributed by atoms with Crippen LogP contribution >= 0.6 is 11.6 Å². The van der Waals surface area contributed by atoms with E-state index in [1.165, 1.54) is 49.6 Å². The molecule has 1 N–H and O–H groups in total. The van der Waals surface area contributed by atoms with Crippen molar-refractivity contribution in [2.24, 2.45) is 0 Å². The summed E-state index contributed by atoms with van der Waals surface area (Å²) in [6.45, 7) is 2.02. The van der Waals surface area contributed by atoms with Crippen molar-refractivity contribution in [1.29, 1.82) is 0 Å². The van der Waals surface area contributed by atoms with Crippen LogP contribution in [0, 0.1) is 5.82 Å². The summed E-state index contributed by atoms with van der Waals surface area (Å²) in [5.41, 5.74) is 0.431. The number of pyridine rings is 1. The summed E-state index contributed by atoms with van der Waals surface area (Å²) < 4.78 is 38.6. The van der Waals surface area contributed by atoms with Crippen LogP contribution in [0.3, 0.4) is 0 Å². The van der Waals surface area contributed by atoms with Crippen molar-refractivity contribution >= 4 is 34.1 Å². The standard InChI is InChI=1S/C27H22ClFN6O5/c1-4-39-23-14-35(26-25(28)31-9-10-32-26)34-24(23)27(36)33-18-6-5-15(11-17(18)29)40-20-7-8-30-19-13-22(38-3)21(37-2)12-16(19)20/h5-14H,4H2,1-3H3,(H,33,36). The summed E-state index contributed by atoms with van der Waals surface area (Å²) in [6, 6.07) is 9.15. The molecule has 0 saturated heterocycles. The zero-order valence-electron chi connectivity index (χ0n) is 21.5. The van der Waals surface area contributed by atoms with Gasteiger partial charge in [0.15, 0.2) is 33.9 Å². The number of carbonyl (C=O) groups is 1. The molecular formula is C27H22ClFN6O5. The molecule has 0 atom stereocenters. The van der Waals surface area contributed by atoms with Crippen LogP contribution in [-0.4, -0.2) is 51.5 Å². The van der Waals surface area contributed by atoms with Crippen molar-refractivity contribution in [3.8, 4) is 34.6 Å². The largest absolute Gasteiger partial charge is 0.493 e. The Bertz CT molecular complexity index is 1710. The summed E-state index contributed by atoms with van der Waals surface area (Å²) in [5, 5.41) is 7.48. The molecule has 40 heavy (non-hydrogen) atoms. The minimum Gasteiger partial charge on any atom is -0.493 e. The van der Waals surface area contributed by atoms with E-state index < -0.39 is 11.7 Å². The van der Waals surface area contributed by atoms with Gasteiger partial charge < -0.3 is 24.3 Å². The van der Waals surface area contributed by atoms with E-state index in [1.54, 1.807) is 31.3 Å². The highest BCUT2D eigenvalue weighted by Crippen LogP contribution is 2.37. The van der Waals surface area contributed by atoms with Crippen molar-refractivity contribution < 1.29 is 28.1 Å². The number of nitrogens with one attached hydrogen (secondary N) is 1. The monoisotopic (exact) mass is 564 g/mol. The summed E-state index contributed by atoms with van der Waals surface area (Å²) in [6.07, 6.45) is 5.88. The van der Waals surface area contributed by atoms with Gasteiger partial charge in [-0.05, 0) is 31.2 Å². The summed E-state index contributed by atoms with van der Waals surface area (Å²) >= 11 is 6.11. The highest BCUT2D eigenvalue weighted by molar-refractivity contribution is 6.30. The van der Waals surface area contributed by atoms with Crippen LogP contribution in [0.4, 0.5) is 10.1 Å². The minimum absolute atomic E-state index is 0.0844. The molecule has 0 aliphatic rings. The molecule has 0 bridgehead atoms. The van der Waals surface area contributed by atoms with Crippen LogP contribution in [0.1, 0.15) is 17.4 Å². The second-order valence-corrected chi connectivity index (χ2v) is 8.48. The quantitative estimate of drug-likeness (QED) is 0.248. The first-order valence-corrected chi connectivity index (χ1v) is 12.3. The summed E-state index contributed by atoms with van der Waals surface area (Å²) in [7, 11) is 3.06. The van der Waals surface area contributed by atoms with Gasteiger partial charge >= 0.3 is 0 Å². The van der Waals surface area contributed by atoms with E-state index in [-0.39, 0.29) is 40.5 Å². The number of nitrogens with zero attached hydrogens (tertiary/aromatic N) is 5. The zero-order valence-corrected chi connectivity index (χ0v) is 22.3. The lowest BCUT2D eigenvalue weighted by molar-refractivity contribution is 0.101. The fourth-order valence-corrected chi connectivity index (χ4v) is 4.05. The van der Waals surface area contributed by atoms with Crippen molar-refractivity contribution in [2.75, 3.05) is 26.1 Å². The molecule has 0 aliphatic heterocycles. The Morgan fingerprint density at radius 2 is 1.75 bits per heavy atom. The molecule has 13 heteroatoms. The van der Waals surface area contributed by atoms with Crippen LogP contribution in [0.5, 0.6) is 28.7 Å². The third-order valence-electron chi connectivity index (χ3n) is 5.67. The number of carbonyl (C=O) groups excluding carboxylic acids is 1. The molecule has 0 aliphatic carbocycles. The molecule has 0 unspecified atom stereocenters. The Balaban J connectivity index is 1.39. The number of hydrogen-bond donors (Lipinski definition) is 1. The second-order valence-electron chi connectivity index (χ2n) is 8.12. The van der Waals surface area contributed by atoms with Crippen LogP contribution in [0.15, 0.2) is 61.2 Å². The molecule has 2 aromatic carbocycles. The first kappa shape index (κ1) is 26.6. The number of amides is 1. The van der Waals surface area contributed by atoms with Gasteiger partial charge in [0.25, 0.3) is 5.91 Å². The topological polar surface area (TPSA) is 123 Å². The van der Waals surface area contributed by atoms with E-state index in [0.29, 0.717) is 28.2 Å². The molecule has 11 nitrogen and oxygen atoms in total. The molecule has 0 saturated carbocycles. The highest BCUT2D eigenvalue weighted by Gasteiger charge is 2.22. The van der Waals surface area contributed by atoms with Crippen molar-refractivity contribution in [3.05, 3.63) is 77.8 Å². The third-order valence-corrected chi connectivity index (χ3v) is 5.94. The Hall–Kier alpha value is -4.97. The lowest BCUT2D eigenvalue weighted by atomic mass is 10.2. The van der Waals surface area contributed by atoms with E-state index in [1.807, 2.05) is 0 Å². The third kappa shape index (κ3) is 5.29. The van der Waals surface area contributed by atoms with E-state index in [2.05, 4.69) is 25.4 Å². The molecule has 0 spiro atoms. The normalized spacial score (nSPS) is 10.8. The smallest absolute Gasteiger partial charge is 0.280 e. The number of aromatic nitrogens is 5. The predicted octanol–water partition coefficient (Wildman–Crippen LogP) is 5.46.